The summed E-state index contributed by atoms with van der Waals surface area (Å²) in [4.78, 5) is 12.3. The van der Waals surface area contributed by atoms with Crippen molar-refractivity contribution in [3.8, 4) is 5.75 Å². The summed E-state index contributed by atoms with van der Waals surface area (Å²) in [6.45, 7) is 4.58. The maximum atomic E-state index is 12.3. The van der Waals surface area contributed by atoms with Crippen molar-refractivity contribution in [2.75, 3.05) is 7.11 Å². The molecule has 0 spiro atoms. The van der Waals surface area contributed by atoms with Gasteiger partial charge in [0.25, 0.3) is 5.91 Å². The van der Waals surface area contributed by atoms with E-state index in [1.807, 2.05) is 48.1 Å². The van der Waals surface area contributed by atoms with Gasteiger partial charge in [0.1, 0.15) is 5.75 Å². The van der Waals surface area contributed by atoms with Crippen molar-refractivity contribution in [3.05, 3.63) is 59.9 Å². The van der Waals surface area contributed by atoms with Crippen LogP contribution >= 0.6 is 0 Å². The van der Waals surface area contributed by atoms with E-state index in [0.717, 1.165) is 24.2 Å². The number of aryl methyl sites for hydroxylation is 1. The Hall–Kier alpha value is -2.36. The topological polar surface area (TPSA) is 42.2 Å². The molecule has 1 amide bonds. The third-order valence-electron chi connectivity index (χ3n) is 3.91. The lowest BCUT2D eigenvalue weighted by atomic mass is 10.1. The first-order valence-corrected chi connectivity index (χ1v) is 8.04. The Morgan fingerprint density at radius 2 is 1.78 bits per heavy atom. The summed E-state index contributed by atoms with van der Waals surface area (Å²) in [7, 11) is 1.64. The maximum absolute atomic E-state index is 12.3. The number of ether oxygens (including phenoxy) is 1. The first-order valence-electron chi connectivity index (χ1n) is 8.04. The van der Waals surface area contributed by atoms with E-state index in [1.54, 1.807) is 7.11 Å². The van der Waals surface area contributed by atoms with Gasteiger partial charge >= 0.3 is 0 Å². The van der Waals surface area contributed by atoms with Gasteiger partial charge in [-0.3, -0.25) is 4.79 Å². The van der Waals surface area contributed by atoms with Gasteiger partial charge < -0.3 is 10.1 Å². The molecular weight excluding hydrogens is 288 g/mol. The van der Waals surface area contributed by atoms with Crippen molar-refractivity contribution in [1.29, 1.82) is 0 Å². The molecule has 1 aromatic heterocycles. The van der Waals surface area contributed by atoms with Crippen LogP contribution in [0.2, 0.25) is 0 Å². The quantitative estimate of drug-likeness (QED) is 0.799. The number of carbonyl (C=O) groups is 1. The predicted octanol–water partition coefficient (Wildman–Crippen LogP) is 2.81. The van der Waals surface area contributed by atoms with E-state index in [4.69, 9.17) is 4.74 Å². The number of pyridine rings is 1. The normalized spacial score (nSPS) is 11.8. The Kier molecular flexibility index (Phi) is 6.15. The van der Waals surface area contributed by atoms with E-state index in [2.05, 4.69) is 24.4 Å². The molecule has 122 valence electrons. The molecule has 1 heterocycles. The van der Waals surface area contributed by atoms with Gasteiger partial charge in [-0.05, 0) is 29.7 Å². The second-order valence-electron chi connectivity index (χ2n) is 5.65. The van der Waals surface area contributed by atoms with E-state index >= 15 is 0 Å². The largest absolute Gasteiger partial charge is 0.497 e. The van der Waals surface area contributed by atoms with Gasteiger partial charge in [-0.25, -0.2) is 0 Å². The molecule has 0 fully saturated rings. The van der Waals surface area contributed by atoms with Crippen LogP contribution in [0.15, 0.2) is 48.8 Å². The van der Waals surface area contributed by atoms with Crippen molar-refractivity contribution in [2.24, 2.45) is 0 Å². The molecule has 0 bridgehead atoms. The van der Waals surface area contributed by atoms with Gasteiger partial charge in [0.15, 0.2) is 12.4 Å². The molecule has 0 aliphatic heterocycles. The molecule has 1 N–H and O–H groups in total. The van der Waals surface area contributed by atoms with Crippen LogP contribution in [0.5, 0.6) is 5.75 Å². The number of rotatable bonds is 7. The van der Waals surface area contributed by atoms with Gasteiger partial charge in [-0.15, -0.1) is 0 Å². The van der Waals surface area contributed by atoms with Crippen LogP contribution < -0.4 is 14.6 Å². The maximum Gasteiger partial charge on any atom is 0.289 e. The average molecular weight is 313 g/mol. The van der Waals surface area contributed by atoms with Crippen molar-refractivity contribution >= 4 is 5.91 Å². The fourth-order valence-electron chi connectivity index (χ4n) is 2.40. The van der Waals surface area contributed by atoms with Gasteiger partial charge in [0.05, 0.1) is 7.11 Å². The number of nitrogens with zero attached hydrogens (tertiary/aromatic N) is 1. The fraction of sp³-hybridized carbons (Fsp3) is 0.368. The minimum absolute atomic E-state index is 0.00839. The molecule has 0 saturated heterocycles. The van der Waals surface area contributed by atoms with E-state index in [9.17, 15) is 4.79 Å². The summed E-state index contributed by atoms with van der Waals surface area (Å²) in [5.41, 5.74) is 2.35. The highest BCUT2D eigenvalue weighted by atomic mass is 16.5. The molecule has 23 heavy (non-hydrogen) atoms. The number of hydrogen-bond acceptors (Lipinski definition) is 2. The average Bonchev–Trinajstić information content (AvgIpc) is 2.60. The number of amides is 1. The van der Waals surface area contributed by atoms with Crippen LogP contribution in [-0.2, 0) is 17.8 Å². The lowest BCUT2D eigenvalue weighted by molar-refractivity contribution is -0.706. The van der Waals surface area contributed by atoms with Crippen LogP contribution in [0.3, 0.4) is 0 Å². The standard InChI is InChI=1S/C19H24N2O2/c1-4-5-16-10-12-21(13-11-16)15(2)19(22)20-14-17-6-8-18(23-3)9-7-17/h6-13,15H,4-5,14H2,1-3H3/p+1/t15-/m0/s1. The second-order valence-corrected chi connectivity index (χ2v) is 5.65. The van der Waals surface area contributed by atoms with Crippen LogP contribution in [0.1, 0.15) is 37.4 Å². The molecule has 0 aliphatic carbocycles. The van der Waals surface area contributed by atoms with E-state index in [1.165, 1.54) is 5.56 Å². The summed E-state index contributed by atoms with van der Waals surface area (Å²) in [6.07, 6.45) is 6.14. The SMILES string of the molecule is CCCc1cc[n+]([C@@H](C)C(=O)NCc2ccc(OC)cc2)cc1. The third-order valence-corrected chi connectivity index (χ3v) is 3.91. The van der Waals surface area contributed by atoms with Crippen LogP contribution in [0.25, 0.3) is 0 Å². The minimum Gasteiger partial charge on any atom is -0.497 e. The third kappa shape index (κ3) is 4.81. The van der Waals surface area contributed by atoms with E-state index < -0.39 is 0 Å². The minimum atomic E-state index is -0.232. The zero-order chi connectivity index (χ0) is 16.7. The monoisotopic (exact) mass is 313 g/mol. The predicted molar refractivity (Wildman–Crippen MR) is 90.2 cm³/mol. The van der Waals surface area contributed by atoms with Crippen molar-refractivity contribution < 1.29 is 14.1 Å². The number of carbonyl (C=O) groups excluding carboxylic acids is 1. The first kappa shape index (κ1) is 17.0. The summed E-state index contributed by atoms with van der Waals surface area (Å²) in [5.74, 6) is 0.824. The molecule has 4 heteroatoms. The Morgan fingerprint density at radius 1 is 1.13 bits per heavy atom. The van der Waals surface area contributed by atoms with Crippen LogP contribution in [0, 0.1) is 0 Å². The van der Waals surface area contributed by atoms with E-state index in [-0.39, 0.29) is 11.9 Å². The van der Waals surface area contributed by atoms with Crippen LogP contribution in [-0.4, -0.2) is 13.0 Å². The Balaban J connectivity index is 1.91. The second kappa shape index (κ2) is 8.32. The molecule has 4 nitrogen and oxygen atoms in total. The Morgan fingerprint density at radius 3 is 2.35 bits per heavy atom. The summed E-state index contributed by atoms with van der Waals surface area (Å²) in [6, 6.07) is 11.6. The highest BCUT2D eigenvalue weighted by Gasteiger charge is 2.21. The molecular formula is C19H25N2O2+. The molecule has 0 aliphatic rings. The summed E-state index contributed by atoms with van der Waals surface area (Å²) >= 11 is 0. The molecule has 1 atom stereocenters. The molecule has 0 radical (unpaired) electrons. The Bertz CT molecular complexity index is 621. The fourth-order valence-corrected chi connectivity index (χ4v) is 2.40. The first-order chi connectivity index (χ1) is 11.1. The summed E-state index contributed by atoms with van der Waals surface area (Å²) < 4.78 is 7.06. The molecule has 2 rings (SSSR count). The lowest BCUT2D eigenvalue weighted by Crippen LogP contribution is -2.46. The highest BCUT2D eigenvalue weighted by molar-refractivity contribution is 5.78. The zero-order valence-corrected chi connectivity index (χ0v) is 14.1. The zero-order valence-electron chi connectivity index (χ0n) is 14.1. The van der Waals surface area contributed by atoms with Crippen LogP contribution in [0.4, 0.5) is 0 Å². The number of aromatic nitrogens is 1. The van der Waals surface area contributed by atoms with Crippen molar-refractivity contribution in [2.45, 2.75) is 39.3 Å². The number of nitrogens with one attached hydrogen (secondary N) is 1. The molecule has 0 unspecified atom stereocenters. The number of methoxy groups -OCH3 is 1. The summed E-state index contributed by atoms with van der Waals surface area (Å²) in [5, 5.41) is 2.97. The van der Waals surface area contributed by atoms with Crippen molar-refractivity contribution in [3.63, 3.8) is 0 Å². The molecule has 0 saturated carbocycles. The van der Waals surface area contributed by atoms with Gasteiger partial charge in [0, 0.05) is 25.6 Å². The molecule has 2 aromatic rings. The smallest absolute Gasteiger partial charge is 0.289 e. The number of benzene rings is 1. The van der Waals surface area contributed by atoms with Gasteiger partial charge in [-0.2, -0.15) is 4.57 Å². The van der Waals surface area contributed by atoms with Crippen molar-refractivity contribution in [1.82, 2.24) is 5.32 Å². The molecule has 1 aromatic carbocycles. The lowest BCUT2D eigenvalue weighted by Gasteiger charge is -2.09. The highest BCUT2D eigenvalue weighted by Crippen LogP contribution is 2.11. The van der Waals surface area contributed by atoms with Gasteiger partial charge in [-0.1, -0.05) is 25.5 Å². The Labute approximate surface area is 138 Å². The number of hydrogen-bond donors (Lipinski definition) is 1. The van der Waals surface area contributed by atoms with Gasteiger partial charge in [0.2, 0.25) is 6.04 Å². The van der Waals surface area contributed by atoms with E-state index in [0.29, 0.717) is 6.54 Å².